The van der Waals surface area contributed by atoms with Crippen molar-refractivity contribution in [3.63, 3.8) is 0 Å². The van der Waals surface area contributed by atoms with Gasteiger partial charge in [0.05, 0.1) is 0 Å². The molecule has 0 aliphatic carbocycles. The predicted octanol–water partition coefficient (Wildman–Crippen LogP) is 3.65. The molecule has 19 heavy (non-hydrogen) atoms. The van der Waals surface area contributed by atoms with E-state index < -0.39 is 18.6 Å². The first kappa shape index (κ1) is 15.8. The van der Waals surface area contributed by atoms with E-state index in [1.165, 1.54) is 12.1 Å². The number of alkyl halides is 3. The summed E-state index contributed by atoms with van der Waals surface area (Å²) in [6.07, 6.45) is -4.43. The molecular weight excluding hydrogens is 262 g/mol. The quantitative estimate of drug-likeness (QED) is 0.849. The molecule has 0 aromatic heterocycles. The number of hydrogen-bond donors (Lipinski definition) is 1. The maximum Gasteiger partial charge on any atom is 0.422 e. The van der Waals surface area contributed by atoms with Gasteiger partial charge in [0.25, 0.3) is 0 Å². The highest BCUT2D eigenvalue weighted by atomic mass is 19.4. The van der Waals surface area contributed by atoms with E-state index >= 15 is 0 Å². The SMILES string of the molecule is CC(C)(C)NCc1cc(F)cc(OCC(F)(F)F)c1. The fourth-order valence-corrected chi connectivity index (χ4v) is 1.34. The van der Waals surface area contributed by atoms with Gasteiger partial charge in [-0.05, 0) is 38.5 Å². The molecule has 0 amide bonds. The monoisotopic (exact) mass is 279 g/mol. The van der Waals surface area contributed by atoms with E-state index in [9.17, 15) is 17.6 Å². The van der Waals surface area contributed by atoms with E-state index in [4.69, 9.17) is 0 Å². The second kappa shape index (κ2) is 5.77. The summed E-state index contributed by atoms with van der Waals surface area (Å²) in [5.41, 5.74) is 0.367. The van der Waals surface area contributed by atoms with Crippen molar-refractivity contribution < 1.29 is 22.3 Å². The molecule has 0 radical (unpaired) electrons. The molecule has 108 valence electrons. The minimum atomic E-state index is -4.43. The molecule has 0 saturated carbocycles. The zero-order valence-corrected chi connectivity index (χ0v) is 11.1. The number of benzene rings is 1. The Morgan fingerprint density at radius 3 is 2.26 bits per heavy atom. The second-order valence-electron chi connectivity index (χ2n) is 5.30. The molecule has 6 heteroatoms. The Labute approximate surface area is 109 Å². The van der Waals surface area contributed by atoms with Crippen LogP contribution < -0.4 is 10.1 Å². The fraction of sp³-hybridized carbons (Fsp3) is 0.538. The van der Waals surface area contributed by atoms with Gasteiger partial charge in [-0.3, -0.25) is 0 Å². The van der Waals surface area contributed by atoms with Gasteiger partial charge in [-0.25, -0.2) is 4.39 Å². The molecule has 0 unspecified atom stereocenters. The van der Waals surface area contributed by atoms with Crippen molar-refractivity contribution in [2.24, 2.45) is 0 Å². The Hall–Kier alpha value is -1.30. The molecule has 1 rings (SSSR count). The predicted molar refractivity (Wildman–Crippen MR) is 64.5 cm³/mol. The Morgan fingerprint density at radius 2 is 1.74 bits per heavy atom. The zero-order valence-electron chi connectivity index (χ0n) is 11.1. The van der Waals surface area contributed by atoms with Crippen LogP contribution in [-0.4, -0.2) is 18.3 Å². The van der Waals surface area contributed by atoms with Crippen molar-refractivity contribution in [2.75, 3.05) is 6.61 Å². The lowest BCUT2D eigenvalue weighted by atomic mass is 10.1. The minimum Gasteiger partial charge on any atom is -0.484 e. The molecule has 1 aromatic rings. The standard InChI is InChI=1S/C13H17F4NO/c1-12(2,3)18-7-9-4-10(14)6-11(5-9)19-8-13(15,16)17/h4-6,18H,7-8H2,1-3H3. The van der Waals surface area contributed by atoms with Gasteiger partial charge in [0, 0.05) is 18.2 Å². The molecule has 0 bridgehead atoms. The van der Waals surface area contributed by atoms with Gasteiger partial charge in [-0.15, -0.1) is 0 Å². The first-order valence-corrected chi connectivity index (χ1v) is 5.79. The average Bonchev–Trinajstić information content (AvgIpc) is 2.21. The van der Waals surface area contributed by atoms with E-state index in [2.05, 4.69) is 10.1 Å². The lowest BCUT2D eigenvalue weighted by Gasteiger charge is -2.20. The van der Waals surface area contributed by atoms with E-state index in [1.54, 1.807) is 0 Å². The maximum atomic E-state index is 13.3. The second-order valence-corrected chi connectivity index (χ2v) is 5.30. The van der Waals surface area contributed by atoms with Gasteiger partial charge in [-0.2, -0.15) is 13.2 Å². The Bertz CT molecular complexity index is 387. The van der Waals surface area contributed by atoms with Crippen LogP contribution >= 0.6 is 0 Å². The van der Waals surface area contributed by atoms with Crippen molar-refractivity contribution in [3.8, 4) is 5.75 Å². The molecule has 1 N–H and O–H groups in total. The van der Waals surface area contributed by atoms with Crippen LogP contribution in [0.1, 0.15) is 26.3 Å². The lowest BCUT2D eigenvalue weighted by Crippen LogP contribution is -2.35. The third-order valence-corrected chi connectivity index (χ3v) is 2.16. The minimum absolute atomic E-state index is 0.122. The van der Waals surface area contributed by atoms with E-state index in [1.807, 2.05) is 20.8 Å². The fourth-order valence-electron chi connectivity index (χ4n) is 1.34. The number of ether oxygens (including phenoxy) is 1. The van der Waals surface area contributed by atoms with Gasteiger partial charge >= 0.3 is 6.18 Å². The number of nitrogens with one attached hydrogen (secondary N) is 1. The summed E-state index contributed by atoms with van der Waals surface area (Å²) in [4.78, 5) is 0. The molecule has 0 aliphatic rings. The summed E-state index contributed by atoms with van der Waals surface area (Å²) in [6, 6.07) is 3.60. The van der Waals surface area contributed by atoms with Crippen LogP contribution in [0.3, 0.4) is 0 Å². The van der Waals surface area contributed by atoms with Crippen LogP contribution in [0, 0.1) is 5.82 Å². The molecule has 0 aliphatic heterocycles. The molecule has 0 spiro atoms. The van der Waals surface area contributed by atoms with Crippen LogP contribution in [0.15, 0.2) is 18.2 Å². The van der Waals surface area contributed by atoms with Crippen molar-refractivity contribution in [2.45, 2.75) is 39.0 Å². The van der Waals surface area contributed by atoms with E-state index in [0.29, 0.717) is 12.1 Å². The van der Waals surface area contributed by atoms with Crippen LogP contribution in [0.25, 0.3) is 0 Å². The van der Waals surface area contributed by atoms with Crippen LogP contribution in [0.5, 0.6) is 5.75 Å². The molecule has 0 heterocycles. The number of halogens is 4. The summed E-state index contributed by atoms with van der Waals surface area (Å²) in [5.74, 6) is -0.742. The van der Waals surface area contributed by atoms with Gasteiger partial charge < -0.3 is 10.1 Å². The number of hydrogen-bond acceptors (Lipinski definition) is 2. The Kier molecular flexibility index (Phi) is 4.79. The summed E-state index contributed by atoms with van der Waals surface area (Å²) in [7, 11) is 0. The van der Waals surface area contributed by atoms with Gasteiger partial charge in [0.1, 0.15) is 11.6 Å². The van der Waals surface area contributed by atoms with Crippen LogP contribution in [0.4, 0.5) is 17.6 Å². The highest BCUT2D eigenvalue weighted by Crippen LogP contribution is 2.21. The molecule has 0 saturated heterocycles. The van der Waals surface area contributed by atoms with Crippen molar-refractivity contribution in [1.29, 1.82) is 0 Å². The Morgan fingerprint density at radius 1 is 1.11 bits per heavy atom. The van der Waals surface area contributed by atoms with Gasteiger partial charge in [0.2, 0.25) is 0 Å². The summed E-state index contributed by atoms with van der Waals surface area (Å²) >= 11 is 0. The largest absolute Gasteiger partial charge is 0.484 e. The number of rotatable bonds is 4. The summed E-state index contributed by atoms with van der Waals surface area (Å²) in [5, 5.41) is 3.12. The van der Waals surface area contributed by atoms with Crippen LogP contribution in [0.2, 0.25) is 0 Å². The molecule has 2 nitrogen and oxygen atoms in total. The third-order valence-electron chi connectivity index (χ3n) is 2.16. The van der Waals surface area contributed by atoms with Gasteiger partial charge in [-0.1, -0.05) is 0 Å². The van der Waals surface area contributed by atoms with Crippen molar-refractivity contribution in [3.05, 3.63) is 29.6 Å². The van der Waals surface area contributed by atoms with E-state index in [-0.39, 0.29) is 11.3 Å². The first-order chi connectivity index (χ1) is 8.55. The molecule has 1 aromatic carbocycles. The normalized spacial score (nSPS) is 12.6. The van der Waals surface area contributed by atoms with Crippen LogP contribution in [-0.2, 0) is 6.54 Å². The third kappa shape index (κ3) is 7.00. The van der Waals surface area contributed by atoms with Gasteiger partial charge in [0.15, 0.2) is 6.61 Å². The topological polar surface area (TPSA) is 21.3 Å². The first-order valence-electron chi connectivity index (χ1n) is 5.79. The Balaban J connectivity index is 2.71. The molecular formula is C13H17F4NO. The average molecular weight is 279 g/mol. The molecule has 0 atom stereocenters. The summed E-state index contributed by atoms with van der Waals surface area (Å²) < 4.78 is 53.9. The highest BCUT2D eigenvalue weighted by molar-refractivity contribution is 5.29. The van der Waals surface area contributed by atoms with Crippen molar-refractivity contribution in [1.82, 2.24) is 5.32 Å². The summed E-state index contributed by atoms with van der Waals surface area (Å²) in [6.45, 7) is 4.74. The zero-order chi connectivity index (χ0) is 14.7. The highest BCUT2D eigenvalue weighted by Gasteiger charge is 2.28. The lowest BCUT2D eigenvalue weighted by molar-refractivity contribution is -0.153. The van der Waals surface area contributed by atoms with E-state index in [0.717, 1.165) is 6.07 Å². The smallest absolute Gasteiger partial charge is 0.422 e. The molecule has 0 fully saturated rings. The van der Waals surface area contributed by atoms with Crippen molar-refractivity contribution >= 4 is 0 Å². The maximum absolute atomic E-state index is 13.3.